The van der Waals surface area contributed by atoms with Gasteiger partial charge in [-0.25, -0.2) is 27.3 Å². The molecule has 1 aliphatic heterocycles. The van der Waals surface area contributed by atoms with Crippen molar-refractivity contribution in [2.45, 2.75) is 4.90 Å². The third-order valence-electron chi connectivity index (χ3n) is 9.60. The Morgan fingerprint density at radius 3 is 1.62 bits per heavy atom. The van der Waals surface area contributed by atoms with Crippen molar-refractivity contribution in [3.63, 3.8) is 0 Å². The summed E-state index contributed by atoms with van der Waals surface area (Å²) >= 11 is 0. The van der Waals surface area contributed by atoms with Crippen LogP contribution in [0.25, 0.3) is 94.1 Å². The molecule has 7 nitrogen and oxygen atoms in total. The van der Waals surface area contributed by atoms with E-state index in [-0.39, 0.29) is 0 Å². The van der Waals surface area contributed by atoms with Gasteiger partial charge in [0.05, 0.1) is 27.6 Å². The lowest BCUT2D eigenvalue weighted by Gasteiger charge is -2.09. The van der Waals surface area contributed by atoms with E-state index in [9.17, 15) is 8.42 Å². The van der Waals surface area contributed by atoms with E-state index in [0.717, 1.165) is 60.0 Å². The molecule has 47 heavy (non-hydrogen) atoms. The van der Waals surface area contributed by atoms with Crippen molar-refractivity contribution in [2.75, 3.05) is 0 Å². The molecule has 0 amide bonds. The van der Waals surface area contributed by atoms with Crippen LogP contribution in [-0.2, 0) is 10.0 Å². The molecule has 8 heteroatoms. The first-order valence-electron chi connectivity index (χ1n) is 15.4. The van der Waals surface area contributed by atoms with Crippen molar-refractivity contribution < 1.29 is 8.42 Å². The minimum Gasteiger partial charge on any atom is -0.304 e. The molecule has 0 saturated carbocycles. The Morgan fingerprint density at radius 1 is 0.426 bits per heavy atom. The molecule has 10 aromatic rings. The summed E-state index contributed by atoms with van der Waals surface area (Å²) < 4.78 is 33.0. The fraction of sp³-hybridized carbons (Fsp3) is 0. The van der Waals surface area contributed by atoms with E-state index in [4.69, 9.17) is 15.0 Å². The highest BCUT2D eigenvalue weighted by Gasteiger charge is 2.34. The molecule has 0 atom stereocenters. The lowest BCUT2D eigenvalue weighted by molar-refractivity contribution is 0.591. The Morgan fingerprint density at radius 2 is 0.957 bits per heavy atom. The zero-order valence-electron chi connectivity index (χ0n) is 24.6. The zero-order chi connectivity index (χ0) is 31.0. The summed E-state index contributed by atoms with van der Waals surface area (Å²) in [6.45, 7) is 0. The Bertz CT molecular complexity index is 3020. The van der Waals surface area contributed by atoms with Gasteiger partial charge in [0.25, 0.3) is 10.0 Å². The molecule has 11 rings (SSSR count). The first kappa shape index (κ1) is 25.1. The standard InChI is InChI=1S/C39H21N5O2S/c45-47(46)32-17-9-15-26-29-20-24(39-41-37(22-10-3-1-4-11-22)40-38(42-39)23-12-5-2-6-13-23)21-30-28-19-18-27-25-14-7-8-16-31(25)44(47)36(27)35(28)43(33(29)30)34(26)32/h1-21H. The van der Waals surface area contributed by atoms with Crippen LogP contribution in [0.15, 0.2) is 132 Å². The number of nitrogens with zero attached hydrogens (tertiary/aromatic N) is 5. The molecule has 4 aromatic heterocycles. The Hall–Kier alpha value is -6.12. The highest BCUT2D eigenvalue weighted by Crippen LogP contribution is 2.48. The van der Waals surface area contributed by atoms with Gasteiger partial charge in [0.2, 0.25) is 0 Å². The molecule has 0 spiro atoms. The van der Waals surface area contributed by atoms with Crippen LogP contribution in [0.1, 0.15) is 0 Å². The summed E-state index contributed by atoms with van der Waals surface area (Å²) in [7, 11) is -3.93. The maximum Gasteiger partial charge on any atom is 0.270 e. The molecule has 0 aliphatic carbocycles. The van der Waals surface area contributed by atoms with Crippen molar-refractivity contribution in [1.82, 2.24) is 23.3 Å². The van der Waals surface area contributed by atoms with Crippen LogP contribution in [0.4, 0.5) is 0 Å². The van der Waals surface area contributed by atoms with Gasteiger partial charge in [-0.2, -0.15) is 0 Å². The maximum absolute atomic E-state index is 14.6. The number of hydrogen-bond acceptors (Lipinski definition) is 5. The smallest absolute Gasteiger partial charge is 0.270 e. The summed E-state index contributed by atoms with van der Waals surface area (Å²) in [5, 5.41) is 5.67. The molecular formula is C39H21N5O2S. The van der Waals surface area contributed by atoms with E-state index in [2.05, 4.69) is 28.7 Å². The van der Waals surface area contributed by atoms with Crippen LogP contribution >= 0.6 is 0 Å². The SMILES string of the molecule is O=S1(=O)c2cccc3c4cc(-c5nc(-c6ccccc6)nc(-c6ccccc6)n5)cc5c6ccc7c8ccccc8n1c7c6n(c23)c45. The Balaban J connectivity index is 1.32. The largest absolute Gasteiger partial charge is 0.304 e. The topological polar surface area (TPSA) is 82.2 Å². The van der Waals surface area contributed by atoms with Gasteiger partial charge in [0, 0.05) is 49.0 Å². The molecule has 0 N–H and O–H groups in total. The molecule has 0 bridgehead atoms. The number of rotatable bonds is 3. The van der Waals surface area contributed by atoms with Crippen molar-refractivity contribution in [3.05, 3.63) is 127 Å². The fourth-order valence-electron chi connectivity index (χ4n) is 7.66. The third-order valence-corrected chi connectivity index (χ3v) is 11.3. The van der Waals surface area contributed by atoms with Crippen LogP contribution in [0.2, 0.25) is 0 Å². The highest BCUT2D eigenvalue weighted by atomic mass is 32.2. The van der Waals surface area contributed by atoms with Crippen molar-refractivity contribution >= 4 is 69.9 Å². The molecule has 0 fully saturated rings. The van der Waals surface area contributed by atoms with E-state index in [0.29, 0.717) is 38.9 Å². The average molecular weight is 624 g/mol. The summed E-state index contributed by atoms with van der Waals surface area (Å²) in [6, 6.07) is 41.7. The van der Waals surface area contributed by atoms with Crippen molar-refractivity contribution in [3.8, 4) is 34.2 Å². The first-order valence-corrected chi connectivity index (χ1v) is 16.8. The van der Waals surface area contributed by atoms with E-state index >= 15 is 0 Å². The van der Waals surface area contributed by atoms with Crippen LogP contribution in [0.3, 0.4) is 0 Å². The normalized spacial score (nSPS) is 13.9. The van der Waals surface area contributed by atoms with Gasteiger partial charge in [-0.3, -0.25) is 0 Å². The van der Waals surface area contributed by atoms with Gasteiger partial charge in [0.1, 0.15) is 4.90 Å². The molecule has 6 aromatic carbocycles. The van der Waals surface area contributed by atoms with E-state index in [1.807, 2.05) is 97.1 Å². The van der Waals surface area contributed by atoms with Crippen molar-refractivity contribution in [1.29, 1.82) is 0 Å². The van der Waals surface area contributed by atoms with E-state index in [1.54, 1.807) is 10.0 Å². The predicted molar refractivity (Wildman–Crippen MR) is 186 cm³/mol. The molecule has 0 saturated heterocycles. The second-order valence-corrected chi connectivity index (χ2v) is 13.8. The summed E-state index contributed by atoms with van der Waals surface area (Å²) in [4.78, 5) is 15.2. The van der Waals surface area contributed by atoms with Crippen LogP contribution in [0.5, 0.6) is 0 Å². The second-order valence-electron chi connectivity index (χ2n) is 12.1. The lowest BCUT2D eigenvalue weighted by Crippen LogP contribution is -2.12. The summed E-state index contributed by atoms with van der Waals surface area (Å²) in [5.41, 5.74) is 6.61. The predicted octanol–water partition coefficient (Wildman–Crippen LogP) is 8.68. The zero-order valence-corrected chi connectivity index (χ0v) is 25.4. The second kappa shape index (κ2) is 8.57. The first-order chi connectivity index (χ1) is 23.1. The van der Waals surface area contributed by atoms with Crippen LogP contribution < -0.4 is 0 Å². The summed E-state index contributed by atoms with van der Waals surface area (Å²) in [6.07, 6.45) is 0. The van der Waals surface area contributed by atoms with Gasteiger partial charge >= 0.3 is 0 Å². The van der Waals surface area contributed by atoms with Crippen LogP contribution in [0, 0.1) is 0 Å². The number of fused-ring (bicyclic) bond motifs is 5. The van der Waals surface area contributed by atoms with Crippen molar-refractivity contribution in [2.24, 2.45) is 0 Å². The van der Waals surface area contributed by atoms with Gasteiger partial charge in [-0.15, -0.1) is 0 Å². The Labute approximate surface area is 267 Å². The number of benzene rings is 6. The molecule has 0 radical (unpaired) electrons. The van der Waals surface area contributed by atoms with Gasteiger partial charge in [-0.05, 0) is 24.3 Å². The minimum atomic E-state index is -3.93. The molecular weight excluding hydrogens is 603 g/mol. The maximum atomic E-state index is 14.6. The minimum absolute atomic E-state index is 0.295. The summed E-state index contributed by atoms with van der Waals surface area (Å²) in [5.74, 6) is 1.73. The van der Waals surface area contributed by atoms with Crippen LogP contribution in [-0.4, -0.2) is 31.7 Å². The highest BCUT2D eigenvalue weighted by molar-refractivity contribution is 7.90. The monoisotopic (exact) mass is 623 g/mol. The van der Waals surface area contributed by atoms with E-state index in [1.165, 1.54) is 0 Å². The third kappa shape index (κ3) is 3.10. The van der Waals surface area contributed by atoms with Gasteiger partial charge < -0.3 is 4.40 Å². The lowest BCUT2D eigenvalue weighted by atomic mass is 10.0. The molecule has 0 unspecified atom stereocenters. The quantitative estimate of drug-likeness (QED) is 0.197. The Kier molecular flexibility index (Phi) is 4.58. The van der Waals surface area contributed by atoms with Gasteiger partial charge in [0.15, 0.2) is 17.5 Å². The van der Waals surface area contributed by atoms with Gasteiger partial charge in [-0.1, -0.05) is 103 Å². The number of para-hydroxylation sites is 2. The number of aromatic nitrogens is 5. The van der Waals surface area contributed by atoms with E-state index < -0.39 is 10.0 Å². The molecule has 1 aliphatic rings. The number of hydrogen-bond donors (Lipinski definition) is 0. The molecule has 5 heterocycles. The average Bonchev–Trinajstić information content (AvgIpc) is 3.75. The fourth-order valence-corrected chi connectivity index (χ4v) is 9.40. The molecule has 220 valence electrons.